The summed E-state index contributed by atoms with van der Waals surface area (Å²) in [4.78, 5) is 21.7. The monoisotopic (exact) mass is 292 g/mol. The quantitative estimate of drug-likeness (QED) is 0.655. The highest BCUT2D eigenvalue weighted by Crippen LogP contribution is 2.35. The van der Waals surface area contributed by atoms with Gasteiger partial charge in [-0.15, -0.1) is 0 Å². The number of carboxylic acid groups (broad SMARTS) is 1. The molecule has 3 unspecified atom stereocenters. The van der Waals surface area contributed by atoms with Crippen molar-refractivity contribution < 1.29 is 14.8 Å². The molecule has 1 fully saturated rings. The maximum atomic E-state index is 11.1. The Morgan fingerprint density at radius 1 is 1.38 bits per heavy atom. The molecule has 6 heteroatoms. The zero-order valence-corrected chi connectivity index (χ0v) is 12.4. The van der Waals surface area contributed by atoms with Gasteiger partial charge in [-0.2, -0.15) is 0 Å². The van der Waals surface area contributed by atoms with Crippen LogP contribution >= 0.6 is 0 Å². The maximum absolute atomic E-state index is 11.1. The summed E-state index contributed by atoms with van der Waals surface area (Å²) < 4.78 is 0. The van der Waals surface area contributed by atoms with Gasteiger partial charge in [0.2, 0.25) is 0 Å². The van der Waals surface area contributed by atoms with Crippen molar-refractivity contribution in [3.05, 3.63) is 33.4 Å². The van der Waals surface area contributed by atoms with Crippen LogP contribution in [-0.4, -0.2) is 22.0 Å². The average molecular weight is 292 g/mol. The van der Waals surface area contributed by atoms with Crippen molar-refractivity contribution in [3.63, 3.8) is 0 Å². The number of nitro benzene ring substituents is 1. The average Bonchev–Trinajstić information content (AvgIpc) is 2.72. The molecule has 0 saturated heterocycles. The first kappa shape index (κ1) is 15.3. The van der Waals surface area contributed by atoms with Gasteiger partial charge in [0.05, 0.1) is 10.5 Å². The molecule has 0 heterocycles. The number of aromatic carboxylic acids is 1. The lowest BCUT2D eigenvalue weighted by Gasteiger charge is -2.22. The van der Waals surface area contributed by atoms with Crippen molar-refractivity contribution >= 4 is 17.3 Å². The molecule has 0 radical (unpaired) electrons. The van der Waals surface area contributed by atoms with Gasteiger partial charge in [-0.3, -0.25) is 10.1 Å². The van der Waals surface area contributed by atoms with E-state index in [9.17, 15) is 14.9 Å². The Labute approximate surface area is 123 Å². The summed E-state index contributed by atoms with van der Waals surface area (Å²) >= 11 is 0. The van der Waals surface area contributed by atoms with Crippen LogP contribution < -0.4 is 5.32 Å². The van der Waals surface area contributed by atoms with Gasteiger partial charge < -0.3 is 10.4 Å². The standard InChI is InChI=1S/C15H20N2O4/c1-8-4-5-12(9(8)2)16-13-6-11(15(18)19)7-14(10(13)3)17(20)21/h6-9,12,16H,4-5H2,1-3H3,(H,18,19). The molecule has 2 rings (SSSR count). The van der Waals surface area contributed by atoms with Gasteiger partial charge in [-0.1, -0.05) is 13.8 Å². The highest BCUT2D eigenvalue weighted by atomic mass is 16.6. The van der Waals surface area contributed by atoms with Crippen LogP contribution in [-0.2, 0) is 0 Å². The predicted octanol–water partition coefficient (Wildman–Crippen LogP) is 3.45. The summed E-state index contributed by atoms with van der Waals surface area (Å²) in [5, 5.41) is 23.5. The van der Waals surface area contributed by atoms with Gasteiger partial charge in [0.1, 0.15) is 0 Å². The molecule has 1 aromatic rings. The molecule has 0 aliphatic heterocycles. The van der Waals surface area contributed by atoms with Crippen LogP contribution in [0.3, 0.4) is 0 Å². The second-order valence-electron chi connectivity index (χ2n) is 5.89. The molecule has 1 aliphatic carbocycles. The number of anilines is 1. The summed E-state index contributed by atoms with van der Waals surface area (Å²) in [5.41, 5.74) is 0.814. The van der Waals surface area contributed by atoms with Gasteiger partial charge in [-0.25, -0.2) is 4.79 Å². The maximum Gasteiger partial charge on any atom is 0.336 e. The minimum Gasteiger partial charge on any atom is -0.478 e. The lowest BCUT2D eigenvalue weighted by atomic mass is 9.97. The number of carbonyl (C=O) groups is 1. The molecule has 2 N–H and O–H groups in total. The molecular formula is C15H20N2O4. The second-order valence-corrected chi connectivity index (χ2v) is 5.89. The Morgan fingerprint density at radius 2 is 2.05 bits per heavy atom. The van der Waals surface area contributed by atoms with Crippen molar-refractivity contribution in [1.82, 2.24) is 0 Å². The fourth-order valence-electron chi connectivity index (χ4n) is 2.93. The smallest absolute Gasteiger partial charge is 0.336 e. The van der Waals surface area contributed by atoms with E-state index in [-0.39, 0.29) is 17.3 Å². The molecule has 0 amide bonds. The van der Waals surface area contributed by atoms with Crippen molar-refractivity contribution in [2.75, 3.05) is 5.32 Å². The molecule has 1 aliphatic rings. The van der Waals surface area contributed by atoms with Crippen molar-refractivity contribution in [1.29, 1.82) is 0 Å². The first-order chi connectivity index (χ1) is 9.81. The topological polar surface area (TPSA) is 92.5 Å². The van der Waals surface area contributed by atoms with E-state index in [1.54, 1.807) is 6.92 Å². The molecule has 114 valence electrons. The Morgan fingerprint density at radius 3 is 2.52 bits per heavy atom. The van der Waals surface area contributed by atoms with Crippen molar-refractivity contribution in [2.24, 2.45) is 11.8 Å². The van der Waals surface area contributed by atoms with Gasteiger partial charge in [0.15, 0.2) is 0 Å². The van der Waals surface area contributed by atoms with Crippen LogP contribution in [0.4, 0.5) is 11.4 Å². The number of nitrogens with zero attached hydrogens (tertiary/aromatic N) is 1. The summed E-state index contributed by atoms with van der Waals surface area (Å²) in [6.45, 7) is 5.99. The second kappa shape index (κ2) is 5.71. The van der Waals surface area contributed by atoms with Crippen LogP contribution in [0, 0.1) is 28.9 Å². The summed E-state index contributed by atoms with van der Waals surface area (Å²) in [6.07, 6.45) is 2.10. The van der Waals surface area contributed by atoms with Crippen LogP contribution in [0.1, 0.15) is 42.6 Å². The van der Waals surface area contributed by atoms with E-state index >= 15 is 0 Å². The number of hydrogen-bond donors (Lipinski definition) is 2. The van der Waals surface area contributed by atoms with Gasteiger partial charge in [0, 0.05) is 23.4 Å². The Kier molecular flexibility index (Phi) is 4.16. The largest absolute Gasteiger partial charge is 0.478 e. The normalized spacial score (nSPS) is 24.8. The lowest BCUT2D eigenvalue weighted by molar-refractivity contribution is -0.385. The third-order valence-corrected chi connectivity index (χ3v) is 4.63. The third-order valence-electron chi connectivity index (χ3n) is 4.63. The lowest BCUT2D eigenvalue weighted by Crippen LogP contribution is -2.24. The van der Waals surface area contributed by atoms with E-state index in [2.05, 4.69) is 19.2 Å². The van der Waals surface area contributed by atoms with Crippen LogP contribution in [0.2, 0.25) is 0 Å². The fourth-order valence-corrected chi connectivity index (χ4v) is 2.93. The van der Waals surface area contributed by atoms with Gasteiger partial charge in [0.25, 0.3) is 5.69 Å². The third kappa shape index (κ3) is 2.99. The zero-order valence-electron chi connectivity index (χ0n) is 12.4. The number of hydrogen-bond acceptors (Lipinski definition) is 4. The zero-order chi connectivity index (χ0) is 15.7. The summed E-state index contributed by atoms with van der Waals surface area (Å²) in [5.74, 6) is -0.105. The first-order valence-corrected chi connectivity index (χ1v) is 7.10. The Balaban J connectivity index is 2.38. The summed E-state index contributed by atoms with van der Waals surface area (Å²) in [6, 6.07) is 2.83. The molecule has 6 nitrogen and oxygen atoms in total. The molecular weight excluding hydrogens is 272 g/mol. The highest BCUT2D eigenvalue weighted by molar-refractivity contribution is 5.90. The molecule has 0 aromatic heterocycles. The molecule has 3 atom stereocenters. The van der Waals surface area contributed by atoms with E-state index in [1.165, 1.54) is 6.07 Å². The van der Waals surface area contributed by atoms with Crippen LogP contribution in [0.25, 0.3) is 0 Å². The van der Waals surface area contributed by atoms with Crippen molar-refractivity contribution in [3.8, 4) is 0 Å². The van der Waals surface area contributed by atoms with E-state index in [4.69, 9.17) is 5.11 Å². The minimum atomic E-state index is -1.16. The number of rotatable bonds is 4. The minimum absolute atomic E-state index is 0.0616. The van der Waals surface area contributed by atoms with Crippen LogP contribution in [0.5, 0.6) is 0 Å². The van der Waals surface area contributed by atoms with Gasteiger partial charge in [-0.05, 0) is 37.7 Å². The number of benzene rings is 1. The molecule has 0 bridgehead atoms. The van der Waals surface area contributed by atoms with Gasteiger partial charge >= 0.3 is 5.97 Å². The van der Waals surface area contributed by atoms with E-state index in [1.807, 2.05) is 0 Å². The first-order valence-electron chi connectivity index (χ1n) is 7.10. The molecule has 21 heavy (non-hydrogen) atoms. The van der Waals surface area contributed by atoms with E-state index < -0.39 is 10.9 Å². The summed E-state index contributed by atoms with van der Waals surface area (Å²) in [7, 11) is 0. The Hall–Kier alpha value is -2.11. The molecule has 0 spiro atoms. The van der Waals surface area contributed by atoms with Crippen LogP contribution in [0.15, 0.2) is 12.1 Å². The predicted molar refractivity (Wildman–Crippen MR) is 79.8 cm³/mol. The molecule has 1 saturated carbocycles. The SMILES string of the molecule is Cc1c(NC2CCC(C)C2C)cc(C(=O)O)cc1[N+](=O)[O-]. The van der Waals surface area contributed by atoms with E-state index in [0.717, 1.165) is 18.9 Å². The number of carboxylic acids is 1. The number of nitrogens with one attached hydrogen (secondary N) is 1. The van der Waals surface area contributed by atoms with E-state index in [0.29, 0.717) is 23.1 Å². The Bertz CT molecular complexity index is 585. The highest BCUT2D eigenvalue weighted by Gasteiger charge is 2.30. The fraction of sp³-hybridized carbons (Fsp3) is 0.533. The molecule has 1 aromatic carbocycles. The number of nitro groups is 1. The van der Waals surface area contributed by atoms with Crippen molar-refractivity contribution in [2.45, 2.75) is 39.7 Å².